The van der Waals surface area contributed by atoms with Crippen molar-refractivity contribution >= 4 is 16.3 Å². The monoisotopic (exact) mass is 321 g/mol. The van der Waals surface area contributed by atoms with Gasteiger partial charge in [0.1, 0.15) is 16.4 Å². The molecule has 0 spiro atoms. The van der Waals surface area contributed by atoms with Crippen molar-refractivity contribution in [1.29, 1.82) is 0 Å². The highest BCUT2D eigenvalue weighted by Gasteiger charge is 2.26. The molecule has 116 valence electrons. The molecule has 6 nitrogen and oxygen atoms in total. The van der Waals surface area contributed by atoms with Crippen LogP contribution in [0, 0.1) is 0 Å². The number of benzene rings is 2. The SMILES string of the molecule is COc1c(C=O)cc(S(N)(=O)=O)c(OC)c1-c1ccccc1. The predicted molar refractivity (Wildman–Crippen MR) is 81.7 cm³/mol. The zero-order valence-corrected chi connectivity index (χ0v) is 12.9. The molecule has 0 atom stereocenters. The number of methoxy groups -OCH3 is 2. The molecule has 2 N–H and O–H groups in total. The van der Waals surface area contributed by atoms with Crippen molar-refractivity contribution in [2.75, 3.05) is 14.2 Å². The molecule has 0 aliphatic rings. The summed E-state index contributed by atoms with van der Waals surface area (Å²) < 4.78 is 34.1. The Balaban J connectivity index is 2.98. The van der Waals surface area contributed by atoms with Gasteiger partial charge >= 0.3 is 0 Å². The maximum atomic E-state index is 11.8. The summed E-state index contributed by atoms with van der Waals surface area (Å²) in [6.07, 6.45) is 0.513. The predicted octanol–water partition coefficient (Wildman–Crippen LogP) is 1.83. The average Bonchev–Trinajstić information content (AvgIpc) is 2.52. The van der Waals surface area contributed by atoms with Gasteiger partial charge in [0.2, 0.25) is 10.0 Å². The minimum atomic E-state index is -4.07. The molecule has 0 radical (unpaired) electrons. The number of carbonyl (C=O) groups is 1. The number of aldehydes is 1. The highest BCUT2D eigenvalue weighted by atomic mass is 32.2. The molecule has 0 heterocycles. The molecule has 22 heavy (non-hydrogen) atoms. The lowest BCUT2D eigenvalue weighted by atomic mass is 10.0. The third-order valence-corrected chi connectivity index (χ3v) is 4.05. The van der Waals surface area contributed by atoms with Gasteiger partial charge in [-0.25, -0.2) is 13.6 Å². The summed E-state index contributed by atoms with van der Waals surface area (Å²) in [5.41, 5.74) is 1.08. The Morgan fingerprint density at radius 3 is 2.09 bits per heavy atom. The van der Waals surface area contributed by atoms with E-state index in [1.165, 1.54) is 14.2 Å². The molecule has 2 rings (SSSR count). The van der Waals surface area contributed by atoms with Crippen LogP contribution in [0.3, 0.4) is 0 Å². The van der Waals surface area contributed by atoms with Crippen LogP contribution in [0.25, 0.3) is 11.1 Å². The van der Waals surface area contributed by atoms with E-state index in [9.17, 15) is 13.2 Å². The normalized spacial score (nSPS) is 11.0. The van der Waals surface area contributed by atoms with Gasteiger partial charge < -0.3 is 9.47 Å². The van der Waals surface area contributed by atoms with Crippen LogP contribution in [0.5, 0.6) is 11.5 Å². The Bertz CT molecular complexity index is 800. The Hall–Kier alpha value is -2.38. The second-order valence-electron chi connectivity index (χ2n) is 4.43. The van der Waals surface area contributed by atoms with Crippen LogP contribution >= 0.6 is 0 Å². The summed E-state index contributed by atoms with van der Waals surface area (Å²) in [6.45, 7) is 0. The van der Waals surface area contributed by atoms with Crippen LogP contribution in [0.2, 0.25) is 0 Å². The number of sulfonamides is 1. The first kappa shape index (κ1) is 16.0. The van der Waals surface area contributed by atoms with E-state index in [0.29, 0.717) is 17.4 Å². The van der Waals surface area contributed by atoms with Crippen LogP contribution in [-0.4, -0.2) is 28.9 Å². The Labute approximate surface area is 128 Å². The van der Waals surface area contributed by atoms with Gasteiger partial charge in [0.15, 0.2) is 6.29 Å². The molecule has 0 fully saturated rings. The first-order valence-corrected chi connectivity index (χ1v) is 7.81. The van der Waals surface area contributed by atoms with Crippen LogP contribution < -0.4 is 14.6 Å². The molecule has 2 aromatic rings. The van der Waals surface area contributed by atoms with Gasteiger partial charge in [-0.2, -0.15) is 0 Å². The lowest BCUT2D eigenvalue weighted by molar-refractivity contribution is 0.112. The summed E-state index contributed by atoms with van der Waals surface area (Å²) in [6, 6.07) is 10.0. The van der Waals surface area contributed by atoms with Gasteiger partial charge in [-0.15, -0.1) is 0 Å². The van der Waals surface area contributed by atoms with Crippen molar-refractivity contribution in [2.24, 2.45) is 5.14 Å². The molecule has 0 amide bonds. The molecule has 0 aromatic heterocycles. The zero-order chi connectivity index (χ0) is 16.3. The Morgan fingerprint density at radius 1 is 1.05 bits per heavy atom. The topological polar surface area (TPSA) is 95.7 Å². The first-order chi connectivity index (χ1) is 10.4. The second kappa shape index (κ2) is 6.17. The van der Waals surface area contributed by atoms with Crippen LogP contribution in [0.4, 0.5) is 0 Å². The smallest absolute Gasteiger partial charge is 0.241 e. The average molecular weight is 321 g/mol. The molecule has 0 saturated carbocycles. The van der Waals surface area contributed by atoms with Crippen molar-refractivity contribution in [3.63, 3.8) is 0 Å². The lowest BCUT2D eigenvalue weighted by Gasteiger charge is -2.18. The van der Waals surface area contributed by atoms with Gasteiger partial charge in [-0.1, -0.05) is 30.3 Å². The van der Waals surface area contributed by atoms with E-state index in [-0.39, 0.29) is 22.0 Å². The molecule has 2 aromatic carbocycles. The fourth-order valence-corrected chi connectivity index (χ4v) is 2.97. The molecule has 0 saturated heterocycles. The first-order valence-electron chi connectivity index (χ1n) is 6.26. The Morgan fingerprint density at radius 2 is 1.64 bits per heavy atom. The van der Waals surface area contributed by atoms with Crippen LogP contribution in [0.15, 0.2) is 41.3 Å². The van der Waals surface area contributed by atoms with Gasteiger partial charge in [0.05, 0.1) is 25.3 Å². The van der Waals surface area contributed by atoms with Crippen molar-refractivity contribution in [2.45, 2.75) is 4.90 Å². The van der Waals surface area contributed by atoms with E-state index in [2.05, 4.69) is 0 Å². The van der Waals surface area contributed by atoms with E-state index in [4.69, 9.17) is 14.6 Å². The van der Waals surface area contributed by atoms with E-state index >= 15 is 0 Å². The zero-order valence-electron chi connectivity index (χ0n) is 12.1. The van der Waals surface area contributed by atoms with E-state index in [1.54, 1.807) is 24.3 Å². The van der Waals surface area contributed by atoms with Crippen LogP contribution in [-0.2, 0) is 10.0 Å². The summed E-state index contributed by atoms with van der Waals surface area (Å²) in [7, 11) is -1.35. The largest absolute Gasteiger partial charge is 0.495 e. The van der Waals surface area contributed by atoms with Gasteiger partial charge in [0, 0.05) is 0 Å². The van der Waals surface area contributed by atoms with Crippen LogP contribution in [0.1, 0.15) is 10.4 Å². The molecule has 0 unspecified atom stereocenters. The van der Waals surface area contributed by atoms with E-state index in [0.717, 1.165) is 6.07 Å². The van der Waals surface area contributed by atoms with E-state index < -0.39 is 10.0 Å². The molecule has 7 heteroatoms. The Kier molecular flexibility index (Phi) is 4.48. The number of hydrogen-bond donors (Lipinski definition) is 1. The highest BCUT2D eigenvalue weighted by molar-refractivity contribution is 7.89. The molecular formula is C15H15NO5S. The number of primary sulfonamides is 1. The number of rotatable bonds is 5. The van der Waals surface area contributed by atoms with Gasteiger partial charge in [-0.3, -0.25) is 4.79 Å². The molecule has 0 aliphatic heterocycles. The van der Waals surface area contributed by atoms with Crippen molar-refractivity contribution in [1.82, 2.24) is 0 Å². The minimum absolute atomic E-state index is 0.0381. The summed E-state index contributed by atoms with van der Waals surface area (Å²) in [5, 5.41) is 5.23. The molecular weight excluding hydrogens is 306 g/mol. The third kappa shape index (κ3) is 2.81. The fourth-order valence-electron chi connectivity index (χ4n) is 2.23. The maximum Gasteiger partial charge on any atom is 0.241 e. The second-order valence-corrected chi connectivity index (χ2v) is 5.96. The summed E-state index contributed by atoms with van der Waals surface area (Å²) in [4.78, 5) is 11.0. The number of carbonyl (C=O) groups excluding carboxylic acids is 1. The van der Waals surface area contributed by atoms with Crippen molar-refractivity contribution in [3.05, 3.63) is 42.0 Å². The minimum Gasteiger partial charge on any atom is -0.495 e. The third-order valence-electron chi connectivity index (χ3n) is 3.13. The fraction of sp³-hybridized carbons (Fsp3) is 0.133. The lowest BCUT2D eigenvalue weighted by Crippen LogP contribution is -2.15. The molecule has 0 bridgehead atoms. The summed E-state index contributed by atoms with van der Waals surface area (Å²) in [5.74, 6) is 0.265. The van der Waals surface area contributed by atoms with Gasteiger partial charge in [-0.05, 0) is 11.6 Å². The number of nitrogens with two attached hydrogens (primary N) is 1. The van der Waals surface area contributed by atoms with Crippen molar-refractivity contribution < 1.29 is 22.7 Å². The maximum absolute atomic E-state index is 11.8. The van der Waals surface area contributed by atoms with Gasteiger partial charge in [0.25, 0.3) is 0 Å². The highest BCUT2D eigenvalue weighted by Crippen LogP contribution is 2.44. The van der Waals surface area contributed by atoms with E-state index in [1.807, 2.05) is 6.07 Å². The summed E-state index contributed by atoms with van der Waals surface area (Å²) >= 11 is 0. The molecule has 0 aliphatic carbocycles. The number of ether oxygens (including phenoxy) is 2. The quantitative estimate of drug-likeness (QED) is 0.848. The van der Waals surface area contributed by atoms with Crippen molar-refractivity contribution in [3.8, 4) is 22.6 Å². The number of hydrogen-bond acceptors (Lipinski definition) is 5. The standard InChI is InChI=1S/C15H15NO5S/c1-20-14-11(9-17)8-12(22(16,18)19)15(21-2)13(14)10-6-4-3-5-7-10/h3-9H,1-2H3,(H2,16,18,19).